The Bertz CT molecular complexity index is 1120. The van der Waals surface area contributed by atoms with E-state index in [2.05, 4.69) is 19.5 Å². The molecule has 0 amide bonds. The molecule has 1 saturated heterocycles. The van der Waals surface area contributed by atoms with Gasteiger partial charge in [0.25, 0.3) is 0 Å². The third-order valence-electron chi connectivity index (χ3n) is 5.61. The molecular weight excluding hydrogens is 451 g/mol. The number of halogens is 2. The van der Waals surface area contributed by atoms with Gasteiger partial charge in [-0.2, -0.15) is 0 Å². The van der Waals surface area contributed by atoms with Gasteiger partial charge in [-0.05, 0) is 60.2 Å². The molecule has 1 atom stereocenters. The van der Waals surface area contributed by atoms with Crippen molar-refractivity contribution in [2.75, 3.05) is 37.6 Å². The Hall–Kier alpha value is -2.52. The zero-order valence-electron chi connectivity index (χ0n) is 17.4. The first kappa shape index (κ1) is 22.7. The molecule has 1 aromatic heterocycles. The van der Waals surface area contributed by atoms with Crippen LogP contribution in [0.15, 0.2) is 78.0 Å². The summed E-state index contributed by atoms with van der Waals surface area (Å²) in [5.41, 5.74) is 1.92. The molecule has 3 aromatic rings. The van der Waals surface area contributed by atoms with Crippen LogP contribution in [0.2, 0.25) is 5.02 Å². The molecule has 6 nitrogen and oxygen atoms in total. The number of rotatable bonds is 7. The first-order valence-corrected chi connectivity index (χ1v) is 12.2. The number of sulfonamides is 1. The Morgan fingerprint density at radius 3 is 2.31 bits per heavy atom. The minimum absolute atomic E-state index is 0.166. The van der Waals surface area contributed by atoms with Crippen LogP contribution < -0.4 is 9.62 Å². The normalized spacial score (nSPS) is 16.1. The number of benzene rings is 2. The molecule has 4 rings (SSSR count). The summed E-state index contributed by atoms with van der Waals surface area (Å²) in [4.78, 5) is 8.85. The van der Waals surface area contributed by atoms with Crippen molar-refractivity contribution in [2.45, 2.75) is 10.9 Å². The molecule has 1 aliphatic heterocycles. The summed E-state index contributed by atoms with van der Waals surface area (Å²) < 4.78 is 41.6. The lowest BCUT2D eigenvalue weighted by molar-refractivity contribution is 0.186. The van der Waals surface area contributed by atoms with E-state index in [1.54, 1.807) is 36.7 Å². The second-order valence-electron chi connectivity index (χ2n) is 7.61. The maximum absolute atomic E-state index is 13.2. The van der Waals surface area contributed by atoms with E-state index in [0.29, 0.717) is 5.02 Å². The summed E-state index contributed by atoms with van der Waals surface area (Å²) in [6.07, 6.45) is 3.47. The zero-order valence-corrected chi connectivity index (χ0v) is 18.9. The monoisotopic (exact) mass is 474 g/mol. The SMILES string of the molecule is O=S(=O)(NCC(c1cccnc1)N1CCN(c2ccc(F)cc2)CC1)c1ccc(Cl)cc1. The lowest BCUT2D eigenvalue weighted by atomic mass is 10.1. The zero-order chi connectivity index (χ0) is 22.6. The summed E-state index contributed by atoms with van der Waals surface area (Å²) in [5.74, 6) is -0.253. The van der Waals surface area contributed by atoms with Crippen molar-refractivity contribution in [1.29, 1.82) is 0 Å². The van der Waals surface area contributed by atoms with Crippen molar-refractivity contribution >= 4 is 27.3 Å². The van der Waals surface area contributed by atoms with E-state index in [0.717, 1.165) is 37.4 Å². The molecule has 0 spiro atoms. The Morgan fingerprint density at radius 1 is 1.00 bits per heavy atom. The fourth-order valence-electron chi connectivity index (χ4n) is 3.86. The Labute approximate surface area is 192 Å². The first-order valence-electron chi connectivity index (χ1n) is 10.3. The number of nitrogens with zero attached hydrogens (tertiary/aromatic N) is 3. The van der Waals surface area contributed by atoms with E-state index in [9.17, 15) is 12.8 Å². The largest absolute Gasteiger partial charge is 0.369 e. The Kier molecular flexibility index (Phi) is 7.05. The van der Waals surface area contributed by atoms with Crippen LogP contribution >= 0.6 is 11.6 Å². The third-order valence-corrected chi connectivity index (χ3v) is 7.30. The lowest BCUT2D eigenvalue weighted by Crippen LogP contribution is -2.50. The molecular formula is C23H24ClFN4O2S. The average molecular weight is 475 g/mol. The van der Waals surface area contributed by atoms with Crippen molar-refractivity contribution in [3.8, 4) is 0 Å². The van der Waals surface area contributed by atoms with Crippen LogP contribution in [0.1, 0.15) is 11.6 Å². The van der Waals surface area contributed by atoms with Gasteiger partial charge < -0.3 is 4.90 Å². The van der Waals surface area contributed by atoms with E-state index in [-0.39, 0.29) is 23.3 Å². The number of hydrogen-bond donors (Lipinski definition) is 1. The maximum atomic E-state index is 13.2. The number of pyridine rings is 1. The molecule has 1 fully saturated rings. The molecule has 0 aliphatic carbocycles. The quantitative estimate of drug-likeness (QED) is 0.565. The Balaban J connectivity index is 1.47. The minimum Gasteiger partial charge on any atom is -0.369 e. The molecule has 32 heavy (non-hydrogen) atoms. The van der Waals surface area contributed by atoms with Crippen LogP contribution in [0.25, 0.3) is 0 Å². The van der Waals surface area contributed by atoms with Gasteiger partial charge in [0.05, 0.1) is 10.9 Å². The molecule has 9 heteroatoms. The third kappa shape index (κ3) is 5.45. The summed E-state index contributed by atoms with van der Waals surface area (Å²) in [5, 5.41) is 0.483. The van der Waals surface area contributed by atoms with E-state index < -0.39 is 10.0 Å². The fraction of sp³-hybridized carbons (Fsp3) is 0.261. The van der Waals surface area contributed by atoms with E-state index in [4.69, 9.17) is 11.6 Å². The minimum atomic E-state index is -3.68. The molecule has 1 aliphatic rings. The number of piperazine rings is 1. The summed E-state index contributed by atoms with van der Waals surface area (Å²) in [6.45, 7) is 3.20. The van der Waals surface area contributed by atoms with Gasteiger partial charge >= 0.3 is 0 Å². The summed E-state index contributed by atoms with van der Waals surface area (Å²) in [6, 6.07) is 16.2. The van der Waals surface area contributed by atoms with Crippen molar-refractivity contribution in [2.24, 2.45) is 0 Å². The highest BCUT2D eigenvalue weighted by Gasteiger charge is 2.27. The van der Waals surface area contributed by atoms with E-state index >= 15 is 0 Å². The van der Waals surface area contributed by atoms with Gasteiger partial charge in [-0.3, -0.25) is 9.88 Å². The molecule has 0 radical (unpaired) electrons. The molecule has 2 heterocycles. The van der Waals surface area contributed by atoms with Crippen LogP contribution in [-0.2, 0) is 10.0 Å². The van der Waals surface area contributed by atoms with Gasteiger partial charge in [0, 0.05) is 55.8 Å². The van der Waals surface area contributed by atoms with Crippen LogP contribution in [0, 0.1) is 5.82 Å². The summed E-state index contributed by atoms with van der Waals surface area (Å²) >= 11 is 5.88. The highest BCUT2D eigenvalue weighted by atomic mass is 35.5. The molecule has 1 N–H and O–H groups in total. The number of nitrogens with one attached hydrogen (secondary N) is 1. The van der Waals surface area contributed by atoms with Crippen LogP contribution in [0.3, 0.4) is 0 Å². The summed E-state index contributed by atoms with van der Waals surface area (Å²) in [7, 11) is -3.68. The van der Waals surface area contributed by atoms with Gasteiger partial charge in [0.15, 0.2) is 0 Å². The topological polar surface area (TPSA) is 65.5 Å². The predicted molar refractivity (Wildman–Crippen MR) is 124 cm³/mol. The molecule has 1 unspecified atom stereocenters. The molecule has 0 saturated carbocycles. The van der Waals surface area contributed by atoms with Gasteiger partial charge in [0.1, 0.15) is 5.82 Å². The standard InChI is InChI=1S/C23H24ClFN4O2S/c24-19-3-9-22(10-4-19)32(30,31)27-17-23(18-2-1-11-26-16-18)29-14-12-28(13-15-29)21-7-5-20(25)6-8-21/h1-11,16,23,27H,12-15,17H2. The highest BCUT2D eigenvalue weighted by molar-refractivity contribution is 7.89. The number of anilines is 1. The van der Waals surface area contributed by atoms with E-state index in [1.807, 2.05) is 12.1 Å². The van der Waals surface area contributed by atoms with Gasteiger partial charge in [0.2, 0.25) is 10.0 Å². The molecule has 2 aromatic carbocycles. The lowest BCUT2D eigenvalue weighted by Gasteiger charge is -2.40. The maximum Gasteiger partial charge on any atom is 0.240 e. The van der Waals surface area contributed by atoms with Gasteiger partial charge in [-0.15, -0.1) is 0 Å². The van der Waals surface area contributed by atoms with Crippen molar-refractivity contribution in [3.05, 3.63) is 89.5 Å². The fourth-order valence-corrected chi connectivity index (χ4v) is 5.02. The second-order valence-corrected chi connectivity index (χ2v) is 9.81. The molecule has 0 bridgehead atoms. The van der Waals surface area contributed by atoms with E-state index in [1.165, 1.54) is 24.3 Å². The highest BCUT2D eigenvalue weighted by Crippen LogP contribution is 2.24. The van der Waals surface area contributed by atoms with Crippen LogP contribution in [0.4, 0.5) is 10.1 Å². The predicted octanol–water partition coefficient (Wildman–Crippen LogP) is 3.72. The Morgan fingerprint density at radius 2 is 1.69 bits per heavy atom. The van der Waals surface area contributed by atoms with Gasteiger partial charge in [-0.25, -0.2) is 17.5 Å². The van der Waals surface area contributed by atoms with Crippen LogP contribution in [0.5, 0.6) is 0 Å². The molecule has 168 valence electrons. The van der Waals surface area contributed by atoms with Crippen molar-refractivity contribution in [1.82, 2.24) is 14.6 Å². The second kappa shape index (κ2) is 9.95. The number of aromatic nitrogens is 1. The van der Waals surface area contributed by atoms with Crippen LogP contribution in [-0.4, -0.2) is 51.0 Å². The average Bonchev–Trinajstić information content (AvgIpc) is 2.81. The first-order chi connectivity index (χ1) is 15.4. The number of hydrogen-bond acceptors (Lipinski definition) is 5. The van der Waals surface area contributed by atoms with Crippen molar-refractivity contribution < 1.29 is 12.8 Å². The smallest absolute Gasteiger partial charge is 0.240 e. The van der Waals surface area contributed by atoms with Gasteiger partial charge in [-0.1, -0.05) is 17.7 Å². The van der Waals surface area contributed by atoms with Crippen molar-refractivity contribution in [3.63, 3.8) is 0 Å².